The van der Waals surface area contributed by atoms with Crippen LogP contribution in [0.4, 0.5) is 8.78 Å². The summed E-state index contributed by atoms with van der Waals surface area (Å²) >= 11 is 0. The van der Waals surface area contributed by atoms with Crippen LogP contribution >= 0.6 is 0 Å². The largest absolute Gasteiger partial charge is 0.295 e. The van der Waals surface area contributed by atoms with Crippen molar-refractivity contribution in [1.29, 1.82) is 5.26 Å². The van der Waals surface area contributed by atoms with E-state index in [9.17, 15) is 13.6 Å². The summed E-state index contributed by atoms with van der Waals surface area (Å²) in [5, 5.41) is 8.80. The van der Waals surface area contributed by atoms with Crippen LogP contribution in [0.3, 0.4) is 0 Å². The molecule has 84 valence electrons. The molecule has 0 fully saturated rings. The maximum Gasteiger partial charge on any atom is 0.265 e. The molecule has 0 N–H and O–H groups in total. The normalized spacial score (nSPS) is 10.2. The number of nitriles is 1. The van der Waals surface area contributed by atoms with E-state index < -0.39 is 6.43 Å². The third-order valence-electron chi connectivity index (χ3n) is 2.39. The second kappa shape index (κ2) is 4.84. The Morgan fingerprint density at radius 1 is 1.50 bits per heavy atom. The number of hydrogen-bond acceptors (Lipinski definition) is 2. The number of benzene rings is 1. The number of Topliss-reactive ketones (excluding diaryl/α,β-unsaturated/α-hetero) is 1. The summed E-state index contributed by atoms with van der Waals surface area (Å²) in [6, 6.07) is 4.38. The number of alkyl halides is 2. The van der Waals surface area contributed by atoms with Crippen molar-refractivity contribution in [3.8, 4) is 6.07 Å². The number of halogens is 2. The Morgan fingerprint density at radius 2 is 2.12 bits per heavy atom. The van der Waals surface area contributed by atoms with E-state index >= 15 is 0 Å². The summed E-state index contributed by atoms with van der Waals surface area (Å²) in [6.45, 7) is 3.06. The number of rotatable bonds is 3. The smallest absolute Gasteiger partial charge is 0.265 e. The Kier molecular flexibility index (Phi) is 3.73. The summed E-state index contributed by atoms with van der Waals surface area (Å²) in [5.41, 5.74) is 0.298. The molecule has 1 aromatic carbocycles. The highest BCUT2D eigenvalue weighted by atomic mass is 19.3. The lowest BCUT2D eigenvalue weighted by molar-refractivity contribution is 0.101. The van der Waals surface area contributed by atoms with Gasteiger partial charge in [-0.25, -0.2) is 8.78 Å². The Bertz CT molecular complexity index is 461. The van der Waals surface area contributed by atoms with Crippen LogP contribution in [-0.4, -0.2) is 5.78 Å². The van der Waals surface area contributed by atoms with Crippen LogP contribution in [0, 0.1) is 11.3 Å². The van der Waals surface area contributed by atoms with Gasteiger partial charge < -0.3 is 0 Å². The minimum atomic E-state index is -2.69. The van der Waals surface area contributed by atoms with Crippen LogP contribution in [0.25, 0.3) is 0 Å². The molecule has 16 heavy (non-hydrogen) atoms. The quantitative estimate of drug-likeness (QED) is 0.738. The average Bonchev–Trinajstić information content (AvgIpc) is 2.26. The van der Waals surface area contributed by atoms with E-state index in [-0.39, 0.29) is 16.9 Å². The van der Waals surface area contributed by atoms with Crippen molar-refractivity contribution < 1.29 is 13.6 Å². The van der Waals surface area contributed by atoms with Crippen molar-refractivity contribution in [2.45, 2.75) is 26.7 Å². The molecular weight excluding hydrogens is 212 g/mol. The fraction of sp³-hybridized carbons (Fsp3) is 0.333. The monoisotopic (exact) mass is 223 g/mol. The summed E-state index contributed by atoms with van der Waals surface area (Å²) in [5.74, 6) is -0.230. The molecule has 0 atom stereocenters. The van der Waals surface area contributed by atoms with Gasteiger partial charge in [-0.15, -0.1) is 0 Å². The SMILES string of the molecule is CCc1cc(C(C)=O)cc(C#N)c1C(F)F. The molecule has 0 radical (unpaired) electrons. The molecule has 0 saturated heterocycles. The Hall–Kier alpha value is -1.76. The molecule has 0 aliphatic heterocycles. The summed E-state index contributed by atoms with van der Waals surface area (Å²) in [6.07, 6.45) is -2.32. The Balaban J connectivity index is 3.51. The number of aryl methyl sites for hydroxylation is 1. The van der Waals surface area contributed by atoms with E-state index in [4.69, 9.17) is 5.26 Å². The highest BCUT2D eigenvalue weighted by molar-refractivity contribution is 5.94. The van der Waals surface area contributed by atoms with Crippen LogP contribution in [0.15, 0.2) is 12.1 Å². The van der Waals surface area contributed by atoms with Crippen molar-refractivity contribution in [3.63, 3.8) is 0 Å². The lowest BCUT2D eigenvalue weighted by Crippen LogP contribution is -2.02. The number of carbonyl (C=O) groups excluding carboxylic acids is 1. The molecule has 0 bridgehead atoms. The molecule has 0 heterocycles. The van der Waals surface area contributed by atoms with Gasteiger partial charge in [0.1, 0.15) is 0 Å². The molecule has 0 aliphatic rings. The maximum absolute atomic E-state index is 12.8. The number of hydrogen-bond donors (Lipinski definition) is 0. The first-order valence-electron chi connectivity index (χ1n) is 4.87. The molecule has 0 unspecified atom stereocenters. The predicted octanol–water partition coefficient (Wildman–Crippen LogP) is 3.26. The number of nitrogens with zero attached hydrogens (tertiary/aromatic N) is 1. The number of carbonyl (C=O) groups is 1. The minimum Gasteiger partial charge on any atom is -0.295 e. The van der Waals surface area contributed by atoms with Crippen molar-refractivity contribution >= 4 is 5.78 Å². The zero-order valence-electron chi connectivity index (χ0n) is 9.05. The van der Waals surface area contributed by atoms with Gasteiger partial charge >= 0.3 is 0 Å². The van der Waals surface area contributed by atoms with E-state index in [1.54, 1.807) is 13.0 Å². The zero-order valence-corrected chi connectivity index (χ0v) is 9.05. The van der Waals surface area contributed by atoms with E-state index in [1.807, 2.05) is 0 Å². The van der Waals surface area contributed by atoms with Crippen LogP contribution in [0.2, 0.25) is 0 Å². The van der Waals surface area contributed by atoms with Gasteiger partial charge in [0.2, 0.25) is 0 Å². The molecule has 1 rings (SSSR count). The molecule has 4 heteroatoms. The van der Waals surface area contributed by atoms with E-state index in [0.717, 1.165) is 0 Å². The molecule has 0 spiro atoms. The second-order valence-electron chi connectivity index (χ2n) is 3.42. The van der Waals surface area contributed by atoms with Crippen molar-refractivity contribution in [3.05, 3.63) is 34.4 Å². The standard InChI is InChI=1S/C12H11F2NO/c1-3-8-4-9(7(2)16)5-10(6-15)11(8)12(13)14/h4-5,12H,3H2,1-2H3. The average molecular weight is 223 g/mol. The van der Waals surface area contributed by atoms with E-state index in [0.29, 0.717) is 17.5 Å². The highest BCUT2D eigenvalue weighted by Crippen LogP contribution is 2.28. The lowest BCUT2D eigenvalue weighted by Gasteiger charge is -2.10. The fourth-order valence-corrected chi connectivity index (χ4v) is 1.56. The van der Waals surface area contributed by atoms with Gasteiger partial charge in [0.05, 0.1) is 11.6 Å². The topological polar surface area (TPSA) is 40.9 Å². The first-order chi connectivity index (χ1) is 7.51. The van der Waals surface area contributed by atoms with Gasteiger partial charge in [0.15, 0.2) is 5.78 Å². The van der Waals surface area contributed by atoms with Gasteiger partial charge in [0, 0.05) is 11.1 Å². The van der Waals surface area contributed by atoms with Crippen LogP contribution in [0.5, 0.6) is 0 Å². The van der Waals surface area contributed by atoms with Crippen LogP contribution < -0.4 is 0 Å². The van der Waals surface area contributed by atoms with Crippen molar-refractivity contribution in [2.75, 3.05) is 0 Å². The maximum atomic E-state index is 12.8. The predicted molar refractivity (Wildman–Crippen MR) is 55.5 cm³/mol. The van der Waals surface area contributed by atoms with Crippen molar-refractivity contribution in [1.82, 2.24) is 0 Å². The molecule has 0 amide bonds. The third kappa shape index (κ3) is 2.25. The summed E-state index contributed by atoms with van der Waals surface area (Å²) < 4.78 is 25.5. The first kappa shape index (κ1) is 12.3. The molecule has 2 nitrogen and oxygen atoms in total. The van der Waals surface area contributed by atoms with Crippen LogP contribution in [-0.2, 0) is 6.42 Å². The van der Waals surface area contributed by atoms with Gasteiger partial charge in [-0.3, -0.25) is 4.79 Å². The Labute approximate surface area is 92.5 Å². The highest BCUT2D eigenvalue weighted by Gasteiger charge is 2.19. The third-order valence-corrected chi connectivity index (χ3v) is 2.39. The van der Waals surface area contributed by atoms with E-state index in [2.05, 4.69) is 0 Å². The minimum absolute atomic E-state index is 0.112. The fourth-order valence-electron chi connectivity index (χ4n) is 1.56. The van der Waals surface area contributed by atoms with Gasteiger partial charge in [-0.05, 0) is 31.0 Å². The molecule has 1 aromatic rings. The Morgan fingerprint density at radius 3 is 2.50 bits per heavy atom. The van der Waals surface area contributed by atoms with Gasteiger partial charge in [0.25, 0.3) is 6.43 Å². The van der Waals surface area contributed by atoms with Gasteiger partial charge in [-0.1, -0.05) is 6.92 Å². The summed E-state index contributed by atoms with van der Waals surface area (Å²) in [7, 11) is 0. The zero-order chi connectivity index (χ0) is 12.3. The van der Waals surface area contributed by atoms with Gasteiger partial charge in [-0.2, -0.15) is 5.26 Å². The molecule has 0 aliphatic carbocycles. The number of ketones is 1. The second-order valence-corrected chi connectivity index (χ2v) is 3.42. The van der Waals surface area contributed by atoms with Crippen molar-refractivity contribution in [2.24, 2.45) is 0 Å². The molecule has 0 saturated carbocycles. The molecule has 0 aromatic heterocycles. The first-order valence-corrected chi connectivity index (χ1v) is 4.87. The summed E-state index contributed by atoms with van der Waals surface area (Å²) in [4.78, 5) is 11.2. The molecular formula is C12H11F2NO. The lowest BCUT2D eigenvalue weighted by atomic mass is 9.95. The van der Waals surface area contributed by atoms with E-state index in [1.165, 1.54) is 19.1 Å². The van der Waals surface area contributed by atoms with Crippen LogP contribution in [0.1, 0.15) is 47.3 Å².